The third-order valence-corrected chi connectivity index (χ3v) is 9.05. The fraction of sp³-hybridized carbons (Fsp3) is 0.424. The zero-order valence-electron chi connectivity index (χ0n) is 24.8. The maximum Gasteiger partial charge on any atom is 0.289 e. The molecule has 10 nitrogen and oxygen atoms in total. The van der Waals surface area contributed by atoms with Gasteiger partial charge in [-0.2, -0.15) is 0 Å². The van der Waals surface area contributed by atoms with Gasteiger partial charge in [-0.05, 0) is 55.9 Å². The molecule has 5 N–H and O–H groups in total. The summed E-state index contributed by atoms with van der Waals surface area (Å²) in [7, 11) is 0. The van der Waals surface area contributed by atoms with Crippen molar-refractivity contribution in [1.29, 1.82) is 0 Å². The lowest BCUT2D eigenvalue weighted by molar-refractivity contribution is -0.141. The first-order valence-corrected chi connectivity index (χ1v) is 16.2. The number of fused-ring (bicyclic) bond motifs is 1. The van der Waals surface area contributed by atoms with Crippen LogP contribution in [0.5, 0.6) is 0 Å². The minimum atomic E-state index is -1.25. The molecule has 12 heteroatoms. The van der Waals surface area contributed by atoms with Crippen molar-refractivity contribution in [1.82, 2.24) is 26.3 Å². The van der Waals surface area contributed by atoms with E-state index in [2.05, 4.69) is 26.3 Å². The standard InChI is InChI=1S/C33H37Cl2N5O5/c34-21-16-24(35)23-18-28(38-25(23)17-21)32(44)40-27(14-19-8-3-1-4-9-19)31(43)39-26(15-20-10-7-13-36-30(20)42)29(41)33(45)37-22-11-5-2-6-12-22/h1,3-4,8-9,16-18,20,22,26-27,38H,2,5-7,10-15H2,(H,36,42)(H,37,45)(H,39,43)(H,40,44)/t20-,26-,27-/m0/s1. The lowest BCUT2D eigenvalue weighted by Crippen LogP contribution is -2.56. The van der Waals surface area contributed by atoms with Crippen LogP contribution in [0.3, 0.4) is 0 Å². The highest BCUT2D eigenvalue weighted by Gasteiger charge is 2.35. The number of aromatic amines is 1. The van der Waals surface area contributed by atoms with Gasteiger partial charge in [0.25, 0.3) is 11.8 Å². The number of amides is 4. The Morgan fingerprint density at radius 1 is 0.889 bits per heavy atom. The minimum Gasteiger partial charge on any atom is -0.356 e. The Labute approximate surface area is 271 Å². The highest BCUT2D eigenvalue weighted by atomic mass is 35.5. The van der Waals surface area contributed by atoms with E-state index in [-0.39, 0.29) is 30.5 Å². The molecule has 1 aliphatic heterocycles. The number of carbonyl (C=O) groups excluding carboxylic acids is 5. The molecule has 1 aliphatic carbocycles. The third-order valence-electron chi connectivity index (χ3n) is 8.52. The minimum absolute atomic E-state index is 0.0260. The van der Waals surface area contributed by atoms with Crippen molar-refractivity contribution in [2.75, 3.05) is 6.54 Å². The second kappa shape index (κ2) is 14.9. The topological polar surface area (TPSA) is 149 Å². The Morgan fingerprint density at radius 3 is 2.38 bits per heavy atom. The summed E-state index contributed by atoms with van der Waals surface area (Å²) in [5.41, 5.74) is 1.49. The molecule has 45 heavy (non-hydrogen) atoms. The molecular formula is C33H37Cl2N5O5. The van der Waals surface area contributed by atoms with Crippen molar-refractivity contribution in [3.8, 4) is 0 Å². The number of hydrogen-bond donors (Lipinski definition) is 5. The molecule has 238 valence electrons. The van der Waals surface area contributed by atoms with E-state index in [4.69, 9.17) is 23.2 Å². The molecule has 4 amide bonds. The van der Waals surface area contributed by atoms with Crippen molar-refractivity contribution in [3.05, 3.63) is 69.8 Å². The van der Waals surface area contributed by atoms with Gasteiger partial charge < -0.3 is 26.3 Å². The molecule has 2 heterocycles. The van der Waals surface area contributed by atoms with E-state index >= 15 is 0 Å². The first-order chi connectivity index (χ1) is 21.7. The van der Waals surface area contributed by atoms with Gasteiger partial charge in [-0.1, -0.05) is 72.8 Å². The van der Waals surface area contributed by atoms with E-state index in [1.807, 2.05) is 30.3 Å². The summed E-state index contributed by atoms with van der Waals surface area (Å²) in [6, 6.07) is 11.4. The number of halogens is 2. The van der Waals surface area contributed by atoms with Crippen molar-refractivity contribution in [2.24, 2.45) is 5.92 Å². The Morgan fingerprint density at radius 2 is 1.64 bits per heavy atom. The fourth-order valence-corrected chi connectivity index (χ4v) is 6.64. The van der Waals surface area contributed by atoms with Gasteiger partial charge in [0.15, 0.2) is 0 Å². The number of rotatable bonds is 11. The molecular weight excluding hydrogens is 617 g/mol. The lowest BCUT2D eigenvalue weighted by Gasteiger charge is -2.28. The van der Waals surface area contributed by atoms with E-state index in [0.717, 1.165) is 44.1 Å². The van der Waals surface area contributed by atoms with Crippen LogP contribution in [-0.4, -0.2) is 59.1 Å². The summed E-state index contributed by atoms with van der Waals surface area (Å²) in [6.07, 6.45) is 5.96. The van der Waals surface area contributed by atoms with Gasteiger partial charge in [0.05, 0.1) is 11.1 Å². The van der Waals surface area contributed by atoms with Crippen LogP contribution in [0.15, 0.2) is 48.5 Å². The first-order valence-electron chi connectivity index (χ1n) is 15.4. The predicted octanol–water partition coefficient (Wildman–Crippen LogP) is 4.23. The van der Waals surface area contributed by atoms with Crippen LogP contribution in [0.4, 0.5) is 0 Å². The Bertz CT molecular complexity index is 1570. The Balaban J connectivity index is 1.37. The van der Waals surface area contributed by atoms with Crippen LogP contribution in [0, 0.1) is 5.92 Å². The van der Waals surface area contributed by atoms with Crippen LogP contribution in [-0.2, 0) is 25.6 Å². The number of benzene rings is 2. The molecule has 2 aromatic carbocycles. The Kier molecular flexibility index (Phi) is 10.8. The first kappa shape index (κ1) is 32.5. The molecule has 1 aromatic heterocycles. The number of carbonyl (C=O) groups is 5. The van der Waals surface area contributed by atoms with Gasteiger partial charge in [-0.25, -0.2) is 0 Å². The molecule has 0 bridgehead atoms. The molecule has 0 spiro atoms. The molecule has 3 aromatic rings. The lowest BCUT2D eigenvalue weighted by atomic mass is 9.89. The summed E-state index contributed by atoms with van der Waals surface area (Å²) in [5, 5.41) is 12.5. The van der Waals surface area contributed by atoms with Crippen LogP contribution in [0.25, 0.3) is 10.9 Å². The SMILES string of the molecule is O=C(NC1CCCCC1)C(=O)[C@H](C[C@@H]1CCCNC1=O)NC(=O)[C@H](Cc1ccccc1)NC(=O)c1cc2c(Cl)cc(Cl)cc2[nH]1. The number of piperidine rings is 1. The zero-order valence-corrected chi connectivity index (χ0v) is 26.3. The monoisotopic (exact) mass is 653 g/mol. The van der Waals surface area contributed by atoms with E-state index < -0.39 is 41.5 Å². The molecule has 2 aliphatic rings. The largest absolute Gasteiger partial charge is 0.356 e. The number of hydrogen-bond acceptors (Lipinski definition) is 5. The molecule has 1 saturated carbocycles. The van der Waals surface area contributed by atoms with Gasteiger partial charge in [-0.15, -0.1) is 0 Å². The third kappa shape index (κ3) is 8.43. The van der Waals surface area contributed by atoms with Crippen LogP contribution in [0.1, 0.15) is 67.4 Å². The normalized spacial score (nSPS) is 18.4. The zero-order chi connectivity index (χ0) is 31.9. The summed E-state index contributed by atoms with van der Waals surface area (Å²) >= 11 is 12.4. The van der Waals surface area contributed by atoms with Crippen molar-refractivity contribution in [2.45, 2.75) is 75.9 Å². The van der Waals surface area contributed by atoms with Crippen molar-refractivity contribution < 1.29 is 24.0 Å². The number of nitrogens with one attached hydrogen (secondary N) is 5. The molecule has 3 atom stereocenters. The van der Waals surface area contributed by atoms with Crippen LogP contribution in [0.2, 0.25) is 10.0 Å². The second-order valence-electron chi connectivity index (χ2n) is 11.8. The molecule has 0 radical (unpaired) electrons. The summed E-state index contributed by atoms with van der Waals surface area (Å²) in [5.74, 6) is -3.56. The average molecular weight is 655 g/mol. The average Bonchev–Trinajstić information content (AvgIpc) is 3.47. The maximum atomic E-state index is 13.9. The van der Waals surface area contributed by atoms with Crippen molar-refractivity contribution >= 4 is 63.5 Å². The maximum absolute atomic E-state index is 13.9. The van der Waals surface area contributed by atoms with E-state index in [0.29, 0.717) is 33.9 Å². The summed E-state index contributed by atoms with van der Waals surface area (Å²) in [6.45, 7) is 0.541. The molecule has 5 rings (SSSR count). The fourth-order valence-electron chi connectivity index (χ4n) is 6.09. The van der Waals surface area contributed by atoms with Crippen molar-refractivity contribution in [3.63, 3.8) is 0 Å². The van der Waals surface area contributed by atoms with Crippen LogP contribution < -0.4 is 21.3 Å². The molecule has 1 saturated heterocycles. The van der Waals surface area contributed by atoms with Crippen LogP contribution >= 0.6 is 23.2 Å². The highest BCUT2D eigenvalue weighted by Crippen LogP contribution is 2.28. The number of ketones is 1. The van der Waals surface area contributed by atoms with Gasteiger partial charge in [-0.3, -0.25) is 24.0 Å². The van der Waals surface area contributed by atoms with Gasteiger partial charge in [0.1, 0.15) is 11.7 Å². The van der Waals surface area contributed by atoms with Gasteiger partial charge >= 0.3 is 0 Å². The predicted molar refractivity (Wildman–Crippen MR) is 172 cm³/mol. The van der Waals surface area contributed by atoms with Gasteiger partial charge in [0, 0.05) is 40.9 Å². The van der Waals surface area contributed by atoms with Gasteiger partial charge in [0.2, 0.25) is 17.6 Å². The Hall–Kier alpha value is -3.89. The quantitative estimate of drug-likeness (QED) is 0.196. The number of H-pyrrole nitrogens is 1. The number of Topliss-reactive ketones (excluding diaryl/α,β-unsaturated/α-hetero) is 1. The van der Waals surface area contributed by atoms with E-state index in [1.165, 1.54) is 0 Å². The number of aromatic nitrogens is 1. The summed E-state index contributed by atoms with van der Waals surface area (Å²) < 4.78 is 0. The molecule has 0 unspecified atom stereocenters. The molecule has 2 fully saturated rings. The smallest absolute Gasteiger partial charge is 0.289 e. The van der Waals surface area contributed by atoms with E-state index in [1.54, 1.807) is 18.2 Å². The van der Waals surface area contributed by atoms with E-state index in [9.17, 15) is 24.0 Å². The summed E-state index contributed by atoms with van der Waals surface area (Å²) in [4.78, 5) is 69.6. The highest BCUT2D eigenvalue weighted by molar-refractivity contribution is 6.39. The second-order valence-corrected chi connectivity index (χ2v) is 12.7.